The average Bonchev–Trinajstić information content (AvgIpc) is 2.75. The van der Waals surface area contributed by atoms with Gasteiger partial charge in [-0.25, -0.2) is 0 Å². The number of carbonyl (C=O) groups excluding carboxylic acids is 1. The zero-order valence-corrected chi connectivity index (χ0v) is 18.0. The third-order valence-corrected chi connectivity index (χ3v) is 4.90. The van der Waals surface area contributed by atoms with E-state index >= 15 is 0 Å². The molecule has 0 saturated carbocycles. The van der Waals surface area contributed by atoms with E-state index < -0.39 is 6.10 Å². The molecule has 1 N–H and O–H groups in total. The van der Waals surface area contributed by atoms with Crippen LogP contribution < -0.4 is 14.8 Å². The van der Waals surface area contributed by atoms with E-state index in [1.54, 1.807) is 19.2 Å². The van der Waals surface area contributed by atoms with Gasteiger partial charge in [-0.15, -0.1) is 0 Å². The van der Waals surface area contributed by atoms with Crippen LogP contribution in [0.5, 0.6) is 11.5 Å². The Morgan fingerprint density at radius 1 is 1.10 bits per heavy atom. The second-order valence-corrected chi connectivity index (χ2v) is 7.51. The zero-order chi connectivity index (χ0) is 21.5. The van der Waals surface area contributed by atoms with Crippen molar-refractivity contribution in [3.63, 3.8) is 0 Å². The van der Waals surface area contributed by atoms with Gasteiger partial charge in [0.25, 0.3) is 5.91 Å². The first kappa shape index (κ1) is 21.7. The van der Waals surface area contributed by atoms with E-state index in [0.29, 0.717) is 17.4 Å². The van der Waals surface area contributed by atoms with Gasteiger partial charge >= 0.3 is 0 Å². The number of rotatable bonds is 8. The van der Waals surface area contributed by atoms with Crippen LogP contribution in [-0.2, 0) is 11.4 Å². The van der Waals surface area contributed by atoms with Crippen molar-refractivity contribution < 1.29 is 14.3 Å². The molecule has 0 spiro atoms. The van der Waals surface area contributed by atoms with E-state index in [-0.39, 0.29) is 11.9 Å². The van der Waals surface area contributed by atoms with Crippen molar-refractivity contribution in [3.05, 3.63) is 88.7 Å². The van der Waals surface area contributed by atoms with E-state index in [2.05, 4.69) is 10.3 Å². The van der Waals surface area contributed by atoms with Crippen molar-refractivity contribution >= 4 is 17.5 Å². The van der Waals surface area contributed by atoms with Crippen LogP contribution in [0.25, 0.3) is 0 Å². The summed E-state index contributed by atoms with van der Waals surface area (Å²) in [5.74, 6) is 0.992. The highest BCUT2D eigenvalue weighted by atomic mass is 35.5. The molecule has 156 valence electrons. The molecule has 1 aromatic heterocycles. The number of ether oxygens (including phenoxy) is 2. The smallest absolute Gasteiger partial charge is 0.261 e. The van der Waals surface area contributed by atoms with Gasteiger partial charge in [-0.05, 0) is 68.3 Å². The van der Waals surface area contributed by atoms with Gasteiger partial charge in [0.2, 0.25) is 0 Å². The van der Waals surface area contributed by atoms with Gasteiger partial charge in [0.1, 0.15) is 18.1 Å². The summed E-state index contributed by atoms with van der Waals surface area (Å²) in [6.07, 6.45) is 1.05. The Balaban J connectivity index is 1.58. The molecule has 3 aromatic rings. The van der Waals surface area contributed by atoms with Crippen LogP contribution in [0.4, 0.5) is 0 Å². The monoisotopic (exact) mass is 424 g/mol. The molecule has 1 heterocycles. The minimum Gasteiger partial charge on any atom is -0.487 e. The molecule has 2 unspecified atom stereocenters. The van der Waals surface area contributed by atoms with E-state index in [4.69, 9.17) is 21.1 Å². The highest BCUT2D eigenvalue weighted by Crippen LogP contribution is 2.26. The van der Waals surface area contributed by atoms with Crippen molar-refractivity contribution in [2.75, 3.05) is 0 Å². The lowest BCUT2D eigenvalue weighted by Crippen LogP contribution is -2.37. The predicted octanol–water partition coefficient (Wildman–Crippen LogP) is 5.27. The van der Waals surface area contributed by atoms with Crippen LogP contribution >= 0.6 is 11.6 Å². The number of hydrogen-bond donors (Lipinski definition) is 1. The van der Waals surface area contributed by atoms with Gasteiger partial charge in [-0.3, -0.25) is 9.78 Å². The molecular formula is C24H25ClN2O3. The van der Waals surface area contributed by atoms with E-state index in [0.717, 1.165) is 22.6 Å². The summed E-state index contributed by atoms with van der Waals surface area (Å²) < 4.78 is 11.6. The average molecular weight is 425 g/mol. The highest BCUT2D eigenvalue weighted by molar-refractivity contribution is 6.32. The largest absolute Gasteiger partial charge is 0.487 e. The van der Waals surface area contributed by atoms with Crippen LogP contribution in [0, 0.1) is 6.92 Å². The van der Waals surface area contributed by atoms with E-state index in [9.17, 15) is 4.79 Å². The molecule has 0 aliphatic carbocycles. The summed E-state index contributed by atoms with van der Waals surface area (Å²) in [5, 5.41) is 3.45. The molecule has 0 saturated heterocycles. The van der Waals surface area contributed by atoms with E-state index in [1.807, 2.05) is 68.4 Å². The maximum atomic E-state index is 12.6. The number of hydrogen-bond acceptors (Lipinski definition) is 4. The minimum atomic E-state index is -0.685. The number of nitrogens with one attached hydrogen (secondary N) is 1. The van der Waals surface area contributed by atoms with Crippen LogP contribution in [0.15, 0.2) is 66.9 Å². The van der Waals surface area contributed by atoms with Gasteiger partial charge in [-0.2, -0.15) is 0 Å². The Kier molecular flexibility index (Phi) is 7.31. The Hall–Kier alpha value is -3.05. The lowest BCUT2D eigenvalue weighted by atomic mass is 10.1. The number of halogens is 1. The zero-order valence-electron chi connectivity index (χ0n) is 17.3. The molecule has 0 fully saturated rings. The van der Waals surface area contributed by atoms with E-state index in [1.165, 1.54) is 0 Å². The van der Waals surface area contributed by atoms with Crippen molar-refractivity contribution in [2.45, 2.75) is 39.5 Å². The number of carbonyl (C=O) groups is 1. The number of aryl methyl sites for hydroxylation is 1. The third kappa shape index (κ3) is 5.97. The Bertz CT molecular complexity index is 995. The predicted molar refractivity (Wildman–Crippen MR) is 118 cm³/mol. The first-order valence-corrected chi connectivity index (χ1v) is 10.2. The van der Waals surface area contributed by atoms with Crippen LogP contribution in [0.3, 0.4) is 0 Å². The first-order chi connectivity index (χ1) is 14.4. The Morgan fingerprint density at radius 2 is 1.93 bits per heavy atom. The summed E-state index contributed by atoms with van der Waals surface area (Å²) >= 11 is 6.16. The van der Waals surface area contributed by atoms with Gasteiger partial charge in [-0.1, -0.05) is 35.9 Å². The summed E-state index contributed by atoms with van der Waals surface area (Å²) in [5.41, 5.74) is 2.80. The first-order valence-electron chi connectivity index (χ1n) is 9.78. The SMILES string of the molecule is Cc1ccc(Cl)c(OC(C)C(=O)NC(C)c2cccc(OCc3ccccn3)c2)c1. The second kappa shape index (κ2) is 10.1. The van der Waals surface area contributed by atoms with Gasteiger partial charge < -0.3 is 14.8 Å². The molecule has 0 aliphatic rings. The van der Waals surface area contributed by atoms with Crippen LogP contribution in [0.2, 0.25) is 5.02 Å². The topological polar surface area (TPSA) is 60.5 Å². The van der Waals surface area contributed by atoms with Crippen molar-refractivity contribution in [1.29, 1.82) is 0 Å². The Labute approximate surface area is 182 Å². The van der Waals surface area contributed by atoms with Gasteiger partial charge in [0.05, 0.1) is 16.8 Å². The molecule has 30 heavy (non-hydrogen) atoms. The Morgan fingerprint density at radius 3 is 2.70 bits per heavy atom. The van der Waals surface area contributed by atoms with Crippen LogP contribution in [0.1, 0.15) is 36.7 Å². The molecule has 2 atom stereocenters. The third-order valence-electron chi connectivity index (χ3n) is 4.59. The summed E-state index contributed by atoms with van der Waals surface area (Å²) in [6, 6.07) is 18.6. The summed E-state index contributed by atoms with van der Waals surface area (Å²) in [6.45, 7) is 5.95. The van der Waals surface area contributed by atoms with Gasteiger partial charge in [0, 0.05) is 6.20 Å². The fourth-order valence-electron chi connectivity index (χ4n) is 2.87. The molecule has 0 aliphatic heterocycles. The maximum absolute atomic E-state index is 12.6. The number of amides is 1. The molecule has 0 bridgehead atoms. The van der Waals surface area contributed by atoms with Crippen molar-refractivity contribution in [2.24, 2.45) is 0 Å². The number of aromatic nitrogens is 1. The van der Waals surface area contributed by atoms with Crippen molar-refractivity contribution in [3.8, 4) is 11.5 Å². The fraction of sp³-hybridized carbons (Fsp3) is 0.250. The molecule has 5 nitrogen and oxygen atoms in total. The molecule has 2 aromatic carbocycles. The fourth-order valence-corrected chi connectivity index (χ4v) is 3.04. The van der Waals surface area contributed by atoms with Crippen LogP contribution in [-0.4, -0.2) is 17.0 Å². The van der Waals surface area contributed by atoms with Gasteiger partial charge in [0.15, 0.2) is 6.10 Å². The van der Waals surface area contributed by atoms with Crippen molar-refractivity contribution in [1.82, 2.24) is 10.3 Å². The molecule has 0 radical (unpaired) electrons. The minimum absolute atomic E-state index is 0.213. The maximum Gasteiger partial charge on any atom is 0.261 e. The number of benzene rings is 2. The lowest BCUT2D eigenvalue weighted by Gasteiger charge is -2.20. The number of nitrogens with zero attached hydrogens (tertiary/aromatic N) is 1. The molecule has 1 amide bonds. The standard InChI is InChI=1S/C24H25ClN2O3/c1-16-10-11-22(25)23(13-16)30-18(3)24(28)27-17(2)19-7-6-9-21(14-19)29-15-20-8-4-5-12-26-20/h4-14,17-18H,15H2,1-3H3,(H,27,28). The second-order valence-electron chi connectivity index (χ2n) is 7.11. The summed E-state index contributed by atoms with van der Waals surface area (Å²) in [4.78, 5) is 16.9. The quantitative estimate of drug-likeness (QED) is 0.535. The molecule has 6 heteroatoms. The lowest BCUT2D eigenvalue weighted by molar-refractivity contribution is -0.127. The highest BCUT2D eigenvalue weighted by Gasteiger charge is 2.19. The normalized spacial score (nSPS) is 12.7. The molecule has 3 rings (SSSR count). The summed E-state index contributed by atoms with van der Waals surface area (Å²) in [7, 11) is 0. The number of pyridine rings is 1. The molecular weight excluding hydrogens is 400 g/mol.